The Bertz CT molecular complexity index is 512. The fourth-order valence-corrected chi connectivity index (χ4v) is 1.51. The zero-order valence-electron chi connectivity index (χ0n) is 9.97. The molecule has 2 rings (SSSR count). The van der Waals surface area contributed by atoms with Crippen molar-refractivity contribution >= 4 is 5.69 Å². The predicted molar refractivity (Wildman–Crippen MR) is 66.7 cm³/mol. The Balaban J connectivity index is 2.12. The standard InChI is InChI=1S/C13H15N3O/c1-9-7-12(10(2)6-11(9)14)17-8-13-15-4-3-5-16-13/h3-7H,8,14H2,1-2H3. The van der Waals surface area contributed by atoms with Crippen LogP contribution in [0.4, 0.5) is 5.69 Å². The number of aryl methyl sites for hydroxylation is 2. The molecule has 17 heavy (non-hydrogen) atoms. The molecule has 4 nitrogen and oxygen atoms in total. The highest BCUT2D eigenvalue weighted by Gasteiger charge is 2.04. The smallest absolute Gasteiger partial charge is 0.166 e. The van der Waals surface area contributed by atoms with Crippen LogP contribution in [-0.4, -0.2) is 9.97 Å². The van der Waals surface area contributed by atoms with Gasteiger partial charge in [-0.2, -0.15) is 0 Å². The van der Waals surface area contributed by atoms with Crippen LogP contribution < -0.4 is 10.5 Å². The molecular formula is C13H15N3O. The van der Waals surface area contributed by atoms with Gasteiger partial charge in [-0.1, -0.05) is 0 Å². The van der Waals surface area contributed by atoms with Gasteiger partial charge >= 0.3 is 0 Å². The third kappa shape index (κ3) is 2.72. The van der Waals surface area contributed by atoms with Crippen molar-refractivity contribution in [3.8, 4) is 5.75 Å². The molecule has 0 aliphatic rings. The van der Waals surface area contributed by atoms with Crippen molar-refractivity contribution in [3.63, 3.8) is 0 Å². The molecule has 1 heterocycles. The minimum atomic E-state index is 0.366. The molecular weight excluding hydrogens is 214 g/mol. The summed E-state index contributed by atoms with van der Waals surface area (Å²) in [6, 6.07) is 5.63. The molecule has 0 saturated carbocycles. The fourth-order valence-electron chi connectivity index (χ4n) is 1.51. The monoisotopic (exact) mass is 229 g/mol. The SMILES string of the molecule is Cc1cc(OCc2ncccn2)c(C)cc1N. The van der Waals surface area contributed by atoms with E-state index in [0.29, 0.717) is 12.4 Å². The van der Waals surface area contributed by atoms with Gasteiger partial charge in [0.1, 0.15) is 12.4 Å². The molecule has 1 aromatic carbocycles. The maximum Gasteiger partial charge on any atom is 0.166 e. The summed E-state index contributed by atoms with van der Waals surface area (Å²) in [5.41, 5.74) is 8.63. The van der Waals surface area contributed by atoms with Crippen LogP contribution >= 0.6 is 0 Å². The largest absolute Gasteiger partial charge is 0.485 e. The van der Waals surface area contributed by atoms with Crippen molar-refractivity contribution in [2.75, 3.05) is 5.73 Å². The summed E-state index contributed by atoms with van der Waals surface area (Å²) in [6.45, 7) is 4.29. The molecule has 0 bridgehead atoms. The molecule has 88 valence electrons. The first-order valence-electron chi connectivity index (χ1n) is 5.42. The highest BCUT2D eigenvalue weighted by atomic mass is 16.5. The molecule has 0 atom stereocenters. The number of hydrogen-bond donors (Lipinski definition) is 1. The summed E-state index contributed by atoms with van der Waals surface area (Å²) in [6.07, 6.45) is 3.40. The lowest BCUT2D eigenvalue weighted by Gasteiger charge is -2.10. The molecule has 0 radical (unpaired) electrons. The van der Waals surface area contributed by atoms with Gasteiger partial charge in [-0.05, 0) is 43.2 Å². The Morgan fingerprint density at radius 3 is 2.53 bits per heavy atom. The van der Waals surface area contributed by atoms with Crippen LogP contribution in [0.2, 0.25) is 0 Å². The van der Waals surface area contributed by atoms with E-state index in [2.05, 4.69) is 9.97 Å². The van der Waals surface area contributed by atoms with Gasteiger partial charge in [0, 0.05) is 18.1 Å². The first kappa shape index (κ1) is 11.4. The first-order chi connectivity index (χ1) is 8.16. The van der Waals surface area contributed by atoms with Crippen LogP contribution in [0.1, 0.15) is 17.0 Å². The molecule has 2 N–H and O–H groups in total. The third-order valence-corrected chi connectivity index (χ3v) is 2.54. The number of aromatic nitrogens is 2. The van der Waals surface area contributed by atoms with Gasteiger partial charge < -0.3 is 10.5 Å². The molecule has 0 spiro atoms. The molecule has 0 fully saturated rings. The van der Waals surface area contributed by atoms with Crippen molar-refractivity contribution in [3.05, 3.63) is 47.5 Å². The summed E-state index contributed by atoms with van der Waals surface area (Å²) in [5.74, 6) is 1.49. The summed E-state index contributed by atoms with van der Waals surface area (Å²) < 4.78 is 5.68. The number of rotatable bonds is 3. The molecule has 1 aromatic heterocycles. The van der Waals surface area contributed by atoms with Crippen molar-refractivity contribution in [2.24, 2.45) is 0 Å². The van der Waals surface area contributed by atoms with Crippen LogP contribution in [0.15, 0.2) is 30.6 Å². The summed E-state index contributed by atoms with van der Waals surface area (Å²) in [5, 5.41) is 0. The van der Waals surface area contributed by atoms with E-state index in [1.165, 1.54) is 0 Å². The Hall–Kier alpha value is -2.10. The van der Waals surface area contributed by atoms with Gasteiger partial charge in [0.15, 0.2) is 5.82 Å². The van der Waals surface area contributed by atoms with Crippen molar-refractivity contribution in [1.29, 1.82) is 0 Å². The minimum absolute atomic E-state index is 0.366. The maximum atomic E-state index is 5.82. The second-order valence-corrected chi connectivity index (χ2v) is 3.93. The average molecular weight is 229 g/mol. The first-order valence-corrected chi connectivity index (χ1v) is 5.42. The van der Waals surface area contributed by atoms with Gasteiger partial charge in [-0.15, -0.1) is 0 Å². The number of nitrogens with zero attached hydrogens (tertiary/aromatic N) is 2. The average Bonchev–Trinajstić information content (AvgIpc) is 2.33. The molecule has 0 aliphatic heterocycles. The van der Waals surface area contributed by atoms with Gasteiger partial charge in [0.25, 0.3) is 0 Å². The van der Waals surface area contributed by atoms with E-state index in [9.17, 15) is 0 Å². The van der Waals surface area contributed by atoms with E-state index in [0.717, 1.165) is 22.6 Å². The lowest BCUT2D eigenvalue weighted by Crippen LogP contribution is -2.02. The summed E-state index contributed by atoms with van der Waals surface area (Å²) >= 11 is 0. The zero-order chi connectivity index (χ0) is 12.3. The van der Waals surface area contributed by atoms with Gasteiger partial charge in [0.05, 0.1) is 0 Å². The van der Waals surface area contributed by atoms with Crippen LogP contribution in [-0.2, 0) is 6.61 Å². The number of hydrogen-bond acceptors (Lipinski definition) is 4. The number of anilines is 1. The lowest BCUT2D eigenvalue weighted by molar-refractivity contribution is 0.293. The molecule has 0 unspecified atom stereocenters. The Morgan fingerprint density at radius 2 is 1.82 bits per heavy atom. The van der Waals surface area contributed by atoms with Crippen LogP contribution in [0.5, 0.6) is 5.75 Å². The summed E-state index contributed by atoms with van der Waals surface area (Å²) in [7, 11) is 0. The quantitative estimate of drug-likeness (QED) is 0.820. The molecule has 0 aliphatic carbocycles. The molecule has 0 amide bonds. The lowest BCUT2D eigenvalue weighted by atomic mass is 10.1. The second kappa shape index (κ2) is 4.82. The highest BCUT2D eigenvalue weighted by Crippen LogP contribution is 2.24. The van der Waals surface area contributed by atoms with E-state index in [1.807, 2.05) is 26.0 Å². The number of nitrogens with two attached hydrogens (primary N) is 1. The Labute approximate surface area is 100 Å². The van der Waals surface area contributed by atoms with Crippen LogP contribution in [0.25, 0.3) is 0 Å². The van der Waals surface area contributed by atoms with Crippen LogP contribution in [0.3, 0.4) is 0 Å². The van der Waals surface area contributed by atoms with Crippen LogP contribution in [0, 0.1) is 13.8 Å². The minimum Gasteiger partial charge on any atom is -0.485 e. The normalized spacial score (nSPS) is 10.2. The fraction of sp³-hybridized carbons (Fsp3) is 0.231. The van der Waals surface area contributed by atoms with E-state index >= 15 is 0 Å². The summed E-state index contributed by atoms with van der Waals surface area (Å²) in [4.78, 5) is 8.21. The van der Waals surface area contributed by atoms with Crippen molar-refractivity contribution in [1.82, 2.24) is 9.97 Å². The Kier molecular flexibility index (Phi) is 3.23. The van der Waals surface area contributed by atoms with E-state index in [1.54, 1.807) is 18.5 Å². The van der Waals surface area contributed by atoms with Gasteiger partial charge in [-0.25, -0.2) is 9.97 Å². The molecule has 4 heteroatoms. The van der Waals surface area contributed by atoms with E-state index in [4.69, 9.17) is 10.5 Å². The second-order valence-electron chi connectivity index (χ2n) is 3.93. The number of nitrogen functional groups attached to an aromatic ring is 1. The van der Waals surface area contributed by atoms with Gasteiger partial charge in [-0.3, -0.25) is 0 Å². The van der Waals surface area contributed by atoms with Crippen molar-refractivity contribution < 1.29 is 4.74 Å². The molecule has 2 aromatic rings. The Morgan fingerprint density at radius 1 is 1.12 bits per heavy atom. The topological polar surface area (TPSA) is 61.0 Å². The predicted octanol–water partition coefficient (Wildman–Crippen LogP) is 2.25. The van der Waals surface area contributed by atoms with Crippen molar-refractivity contribution in [2.45, 2.75) is 20.5 Å². The van der Waals surface area contributed by atoms with Gasteiger partial charge in [0.2, 0.25) is 0 Å². The van der Waals surface area contributed by atoms with E-state index in [-0.39, 0.29) is 0 Å². The van der Waals surface area contributed by atoms with E-state index < -0.39 is 0 Å². The highest BCUT2D eigenvalue weighted by molar-refractivity contribution is 5.53. The molecule has 0 saturated heterocycles. The third-order valence-electron chi connectivity index (χ3n) is 2.54. The zero-order valence-corrected chi connectivity index (χ0v) is 9.97. The number of benzene rings is 1. The number of ether oxygens (including phenoxy) is 1. The maximum absolute atomic E-state index is 5.82.